The minimum Gasteiger partial charge on any atom is -0.484 e. The van der Waals surface area contributed by atoms with E-state index in [4.69, 9.17) is 9.47 Å². The molecule has 1 aromatic carbocycles. The Labute approximate surface area is 166 Å². The number of carbonyl (C=O) groups excluding carboxylic acids is 2. The first-order valence-electron chi connectivity index (χ1n) is 9.48. The second kappa shape index (κ2) is 10.4. The number of amides is 1. The number of ether oxygens (including phenoxy) is 2. The molecule has 0 saturated carbocycles. The number of carbonyl (C=O) groups is 2. The van der Waals surface area contributed by atoms with Crippen LogP contribution < -0.4 is 10.2 Å². The second-order valence-electron chi connectivity index (χ2n) is 6.91. The standard InChI is InChI=1S/C22H28N2O4/c1-5-12-27-22(26)17-8-10-19(11-9-17)28-14-21(25)24-23-20-13-18(15(2)3)7-6-16(20)4/h6,8-11,18H,2,5,7,12-14H2,1,3-4H3,(H,24,25)/b23-20+/t18-/m0/s1. The first-order valence-corrected chi connectivity index (χ1v) is 9.48. The van der Waals surface area contributed by atoms with Crippen LogP contribution in [0.2, 0.25) is 0 Å². The van der Waals surface area contributed by atoms with Crippen molar-refractivity contribution in [1.29, 1.82) is 0 Å². The Bertz CT molecular complexity index is 778. The van der Waals surface area contributed by atoms with Crippen LogP contribution in [0.1, 0.15) is 50.4 Å². The fourth-order valence-electron chi connectivity index (χ4n) is 2.70. The molecule has 0 unspecified atom stereocenters. The Morgan fingerprint density at radius 3 is 2.64 bits per heavy atom. The lowest BCUT2D eigenvalue weighted by Gasteiger charge is -2.22. The maximum absolute atomic E-state index is 12.0. The summed E-state index contributed by atoms with van der Waals surface area (Å²) < 4.78 is 10.5. The van der Waals surface area contributed by atoms with E-state index < -0.39 is 0 Å². The second-order valence-corrected chi connectivity index (χ2v) is 6.91. The molecule has 1 aromatic rings. The van der Waals surface area contributed by atoms with E-state index in [0.717, 1.165) is 36.1 Å². The van der Waals surface area contributed by atoms with Gasteiger partial charge in [0, 0.05) is 0 Å². The summed E-state index contributed by atoms with van der Waals surface area (Å²) in [5, 5.41) is 4.24. The molecule has 1 N–H and O–H groups in total. The van der Waals surface area contributed by atoms with E-state index in [-0.39, 0.29) is 18.5 Å². The maximum Gasteiger partial charge on any atom is 0.338 e. The van der Waals surface area contributed by atoms with Crippen molar-refractivity contribution in [2.45, 2.75) is 40.0 Å². The van der Waals surface area contributed by atoms with E-state index in [2.05, 4.69) is 23.2 Å². The van der Waals surface area contributed by atoms with E-state index in [1.54, 1.807) is 24.3 Å². The lowest BCUT2D eigenvalue weighted by atomic mass is 9.85. The molecule has 2 rings (SSSR count). The molecule has 0 fully saturated rings. The lowest BCUT2D eigenvalue weighted by Crippen LogP contribution is -2.27. The Morgan fingerprint density at radius 2 is 2.00 bits per heavy atom. The number of hydrogen-bond acceptors (Lipinski definition) is 5. The molecule has 1 aliphatic rings. The molecule has 0 radical (unpaired) electrons. The van der Waals surface area contributed by atoms with Gasteiger partial charge in [0.25, 0.3) is 5.91 Å². The van der Waals surface area contributed by atoms with Crippen LogP contribution in [-0.4, -0.2) is 30.8 Å². The van der Waals surface area contributed by atoms with E-state index in [1.165, 1.54) is 0 Å². The van der Waals surface area contributed by atoms with Gasteiger partial charge in [0.05, 0.1) is 17.9 Å². The molecular formula is C22H28N2O4. The predicted octanol–water partition coefficient (Wildman–Crippen LogP) is 4.04. The van der Waals surface area contributed by atoms with Crippen LogP contribution >= 0.6 is 0 Å². The molecule has 28 heavy (non-hydrogen) atoms. The van der Waals surface area contributed by atoms with Crippen LogP contribution in [0.4, 0.5) is 0 Å². The van der Waals surface area contributed by atoms with Crippen LogP contribution in [0.5, 0.6) is 5.75 Å². The predicted molar refractivity (Wildman–Crippen MR) is 109 cm³/mol. The van der Waals surface area contributed by atoms with Gasteiger partial charge in [-0.3, -0.25) is 4.79 Å². The first kappa shape index (κ1) is 21.4. The van der Waals surface area contributed by atoms with Crippen LogP contribution in [0.15, 0.2) is 53.2 Å². The van der Waals surface area contributed by atoms with Crippen molar-refractivity contribution in [2.75, 3.05) is 13.2 Å². The average Bonchev–Trinajstić information content (AvgIpc) is 2.70. The van der Waals surface area contributed by atoms with Gasteiger partial charge in [-0.15, -0.1) is 0 Å². The van der Waals surface area contributed by atoms with Gasteiger partial charge in [0.2, 0.25) is 0 Å². The van der Waals surface area contributed by atoms with Crippen LogP contribution in [0.25, 0.3) is 0 Å². The molecule has 0 bridgehead atoms. The largest absolute Gasteiger partial charge is 0.484 e. The molecule has 0 heterocycles. The highest BCUT2D eigenvalue weighted by atomic mass is 16.5. The highest BCUT2D eigenvalue weighted by Crippen LogP contribution is 2.26. The van der Waals surface area contributed by atoms with Gasteiger partial charge in [-0.05, 0) is 68.9 Å². The number of nitrogens with zero attached hydrogens (tertiary/aromatic N) is 1. The zero-order valence-corrected chi connectivity index (χ0v) is 16.8. The number of nitrogens with one attached hydrogen (secondary N) is 1. The smallest absolute Gasteiger partial charge is 0.338 e. The minimum absolute atomic E-state index is 0.164. The van der Waals surface area contributed by atoms with Gasteiger partial charge in [0.1, 0.15) is 5.75 Å². The summed E-state index contributed by atoms with van der Waals surface area (Å²) in [6.45, 7) is 10.2. The van der Waals surface area contributed by atoms with Crippen molar-refractivity contribution < 1.29 is 19.1 Å². The van der Waals surface area contributed by atoms with Crippen molar-refractivity contribution >= 4 is 17.6 Å². The minimum atomic E-state index is -0.370. The zero-order valence-electron chi connectivity index (χ0n) is 16.8. The van der Waals surface area contributed by atoms with Gasteiger partial charge >= 0.3 is 5.97 Å². The van der Waals surface area contributed by atoms with Crippen LogP contribution in [0, 0.1) is 5.92 Å². The molecule has 0 aromatic heterocycles. The molecule has 0 spiro atoms. The number of allylic oxidation sites excluding steroid dienone is 3. The van der Waals surface area contributed by atoms with Gasteiger partial charge in [0.15, 0.2) is 6.61 Å². The Morgan fingerprint density at radius 1 is 1.29 bits per heavy atom. The quantitative estimate of drug-likeness (QED) is 0.417. The zero-order chi connectivity index (χ0) is 20.5. The summed E-state index contributed by atoms with van der Waals surface area (Å²) in [7, 11) is 0. The van der Waals surface area contributed by atoms with Crippen molar-refractivity contribution in [3.8, 4) is 5.75 Å². The first-order chi connectivity index (χ1) is 13.4. The van der Waals surface area contributed by atoms with Gasteiger partial charge < -0.3 is 9.47 Å². The summed E-state index contributed by atoms with van der Waals surface area (Å²) in [5.41, 5.74) is 6.05. The third-order valence-electron chi connectivity index (χ3n) is 4.51. The number of esters is 1. The number of rotatable bonds is 8. The third-order valence-corrected chi connectivity index (χ3v) is 4.51. The molecule has 6 nitrogen and oxygen atoms in total. The maximum atomic E-state index is 12.0. The van der Waals surface area contributed by atoms with Crippen LogP contribution in [0.3, 0.4) is 0 Å². The summed E-state index contributed by atoms with van der Waals surface area (Å²) >= 11 is 0. The van der Waals surface area contributed by atoms with Crippen molar-refractivity contribution in [1.82, 2.24) is 5.43 Å². The summed E-state index contributed by atoms with van der Waals surface area (Å²) in [6, 6.07) is 6.49. The topological polar surface area (TPSA) is 77.0 Å². The molecule has 1 amide bonds. The normalized spacial score (nSPS) is 17.6. The monoisotopic (exact) mass is 384 g/mol. The summed E-state index contributed by atoms with van der Waals surface area (Å²) in [5.74, 6) is 0.138. The SMILES string of the molecule is C=C(C)[C@H]1CC=C(C)/C(=N/NC(=O)COc2ccc(C(=O)OCCC)cc2)C1. The fraction of sp³-hybridized carbons (Fsp3) is 0.409. The fourth-order valence-corrected chi connectivity index (χ4v) is 2.70. The van der Waals surface area contributed by atoms with Gasteiger partial charge in [-0.1, -0.05) is 25.2 Å². The highest BCUT2D eigenvalue weighted by Gasteiger charge is 2.18. The summed E-state index contributed by atoms with van der Waals surface area (Å²) in [6.07, 6.45) is 4.63. The lowest BCUT2D eigenvalue weighted by molar-refractivity contribution is -0.123. The number of hydrazone groups is 1. The van der Waals surface area contributed by atoms with E-state index >= 15 is 0 Å². The van der Waals surface area contributed by atoms with Crippen molar-refractivity contribution in [3.05, 3.63) is 53.6 Å². The Balaban J connectivity index is 1.84. The summed E-state index contributed by atoms with van der Waals surface area (Å²) in [4.78, 5) is 23.8. The number of hydrogen-bond donors (Lipinski definition) is 1. The molecule has 150 valence electrons. The molecule has 1 aliphatic carbocycles. The van der Waals surface area contributed by atoms with E-state index in [1.807, 2.05) is 20.8 Å². The Kier molecular flexibility index (Phi) is 7.99. The average molecular weight is 384 g/mol. The number of benzene rings is 1. The van der Waals surface area contributed by atoms with Crippen LogP contribution in [-0.2, 0) is 9.53 Å². The van der Waals surface area contributed by atoms with E-state index in [0.29, 0.717) is 23.8 Å². The molecular weight excluding hydrogens is 356 g/mol. The molecule has 1 atom stereocenters. The van der Waals surface area contributed by atoms with Crippen molar-refractivity contribution in [2.24, 2.45) is 11.0 Å². The molecule has 0 aliphatic heterocycles. The molecule has 0 saturated heterocycles. The Hall–Kier alpha value is -2.89. The highest BCUT2D eigenvalue weighted by molar-refractivity contribution is 6.01. The third kappa shape index (κ3) is 6.37. The molecule has 6 heteroatoms. The van der Waals surface area contributed by atoms with E-state index in [9.17, 15) is 9.59 Å². The van der Waals surface area contributed by atoms with Crippen molar-refractivity contribution in [3.63, 3.8) is 0 Å². The van der Waals surface area contributed by atoms with Gasteiger partial charge in [-0.25, -0.2) is 10.2 Å². The van der Waals surface area contributed by atoms with Gasteiger partial charge in [-0.2, -0.15) is 5.10 Å².